The standard InChI is InChI=1S/C14H20N2O5/c1-3-9-21-13-10-11(6-7-12(13)16(19)20)15(2)8-4-5-14(17)18/h6-7,10H,3-5,8-9H2,1-2H3,(H,17,18). The average Bonchev–Trinajstić information content (AvgIpc) is 2.44. The Balaban J connectivity index is 2.82. The molecule has 1 N–H and O–H groups in total. The largest absolute Gasteiger partial charge is 0.487 e. The third-order valence-electron chi connectivity index (χ3n) is 2.93. The molecule has 0 heterocycles. The van der Waals surface area contributed by atoms with Crippen LogP contribution in [0, 0.1) is 10.1 Å². The highest BCUT2D eigenvalue weighted by Gasteiger charge is 2.16. The van der Waals surface area contributed by atoms with Crippen LogP contribution in [-0.4, -0.2) is 36.2 Å². The summed E-state index contributed by atoms with van der Waals surface area (Å²) in [5.41, 5.74) is 0.697. The molecule has 7 nitrogen and oxygen atoms in total. The number of nitro groups is 1. The van der Waals surface area contributed by atoms with Crippen molar-refractivity contribution in [2.24, 2.45) is 0 Å². The van der Waals surface area contributed by atoms with Gasteiger partial charge in [0.05, 0.1) is 11.5 Å². The highest BCUT2D eigenvalue weighted by atomic mass is 16.6. The van der Waals surface area contributed by atoms with Gasteiger partial charge in [0.1, 0.15) is 0 Å². The first-order valence-electron chi connectivity index (χ1n) is 6.80. The van der Waals surface area contributed by atoms with Gasteiger partial charge in [0.2, 0.25) is 0 Å². The zero-order chi connectivity index (χ0) is 15.8. The second-order valence-corrected chi connectivity index (χ2v) is 4.68. The van der Waals surface area contributed by atoms with E-state index in [0.717, 1.165) is 12.1 Å². The number of rotatable bonds is 9. The summed E-state index contributed by atoms with van der Waals surface area (Å²) in [4.78, 5) is 22.8. The molecule has 0 radical (unpaired) electrons. The Morgan fingerprint density at radius 2 is 2.19 bits per heavy atom. The van der Waals surface area contributed by atoms with E-state index in [-0.39, 0.29) is 17.9 Å². The van der Waals surface area contributed by atoms with E-state index in [1.807, 2.05) is 18.9 Å². The van der Waals surface area contributed by atoms with Crippen molar-refractivity contribution in [1.82, 2.24) is 0 Å². The van der Waals surface area contributed by atoms with Crippen molar-refractivity contribution < 1.29 is 19.6 Å². The third kappa shape index (κ3) is 5.29. The molecule has 0 saturated heterocycles. The molecule has 1 aromatic rings. The molecule has 0 bridgehead atoms. The van der Waals surface area contributed by atoms with Gasteiger partial charge in [-0.3, -0.25) is 14.9 Å². The minimum Gasteiger partial charge on any atom is -0.487 e. The van der Waals surface area contributed by atoms with Gasteiger partial charge in [-0.05, 0) is 18.9 Å². The number of ether oxygens (including phenoxy) is 1. The number of nitrogens with zero attached hydrogens (tertiary/aromatic N) is 2. The van der Waals surface area contributed by atoms with Crippen LogP contribution in [0.1, 0.15) is 26.2 Å². The quantitative estimate of drug-likeness (QED) is 0.556. The van der Waals surface area contributed by atoms with Gasteiger partial charge in [0, 0.05) is 37.8 Å². The average molecular weight is 296 g/mol. The van der Waals surface area contributed by atoms with E-state index in [2.05, 4.69) is 0 Å². The van der Waals surface area contributed by atoms with Crippen molar-refractivity contribution >= 4 is 17.3 Å². The number of carboxylic acids is 1. The van der Waals surface area contributed by atoms with E-state index in [4.69, 9.17) is 9.84 Å². The van der Waals surface area contributed by atoms with E-state index in [9.17, 15) is 14.9 Å². The number of aliphatic carboxylic acids is 1. The summed E-state index contributed by atoms with van der Waals surface area (Å²) >= 11 is 0. The maximum Gasteiger partial charge on any atom is 0.311 e. The summed E-state index contributed by atoms with van der Waals surface area (Å²) in [5, 5.41) is 19.6. The summed E-state index contributed by atoms with van der Waals surface area (Å²) < 4.78 is 5.42. The first-order valence-corrected chi connectivity index (χ1v) is 6.80. The predicted octanol–water partition coefficient (Wildman–Crippen LogP) is 2.68. The molecule has 0 aliphatic heterocycles. The number of nitro benzene ring substituents is 1. The molecule has 1 aromatic carbocycles. The smallest absolute Gasteiger partial charge is 0.311 e. The molecule has 7 heteroatoms. The molecular weight excluding hydrogens is 276 g/mol. The predicted molar refractivity (Wildman–Crippen MR) is 79.0 cm³/mol. The van der Waals surface area contributed by atoms with Gasteiger partial charge in [-0.2, -0.15) is 0 Å². The van der Waals surface area contributed by atoms with Gasteiger partial charge in [-0.25, -0.2) is 0 Å². The minimum absolute atomic E-state index is 0.0638. The molecule has 0 atom stereocenters. The summed E-state index contributed by atoms with van der Waals surface area (Å²) in [6.45, 7) is 2.89. The lowest BCUT2D eigenvalue weighted by Gasteiger charge is -2.19. The van der Waals surface area contributed by atoms with Crippen molar-refractivity contribution in [1.29, 1.82) is 0 Å². The number of carboxylic acid groups (broad SMARTS) is 1. The molecular formula is C14H20N2O5. The van der Waals surface area contributed by atoms with Crippen LogP contribution in [0.15, 0.2) is 18.2 Å². The van der Waals surface area contributed by atoms with Gasteiger partial charge in [-0.1, -0.05) is 6.92 Å². The molecule has 0 spiro atoms. The van der Waals surface area contributed by atoms with E-state index in [1.165, 1.54) is 6.07 Å². The Hall–Kier alpha value is -2.31. The van der Waals surface area contributed by atoms with Crippen LogP contribution < -0.4 is 9.64 Å². The van der Waals surface area contributed by atoms with Crippen LogP contribution in [-0.2, 0) is 4.79 Å². The normalized spacial score (nSPS) is 10.2. The lowest BCUT2D eigenvalue weighted by atomic mass is 10.2. The Labute approximate surface area is 123 Å². The second kappa shape index (κ2) is 8.08. The summed E-state index contributed by atoms with van der Waals surface area (Å²) in [5.74, 6) is -0.594. The number of benzene rings is 1. The Kier molecular flexibility index (Phi) is 6.45. The number of hydrogen-bond acceptors (Lipinski definition) is 5. The van der Waals surface area contributed by atoms with Crippen LogP contribution in [0.4, 0.5) is 11.4 Å². The zero-order valence-corrected chi connectivity index (χ0v) is 12.2. The molecule has 0 saturated carbocycles. The van der Waals surface area contributed by atoms with E-state index in [0.29, 0.717) is 19.6 Å². The van der Waals surface area contributed by atoms with Crippen molar-refractivity contribution in [2.75, 3.05) is 25.1 Å². The molecule has 0 aromatic heterocycles. The van der Waals surface area contributed by atoms with Crippen molar-refractivity contribution in [3.63, 3.8) is 0 Å². The molecule has 1 rings (SSSR count). The first kappa shape index (κ1) is 16.7. The van der Waals surface area contributed by atoms with Gasteiger partial charge in [0.25, 0.3) is 0 Å². The molecule has 0 fully saturated rings. The summed E-state index contributed by atoms with van der Waals surface area (Å²) in [6.07, 6.45) is 1.36. The van der Waals surface area contributed by atoms with Crippen LogP contribution in [0.5, 0.6) is 5.75 Å². The Morgan fingerprint density at radius 3 is 2.76 bits per heavy atom. The molecule has 0 aliphatic carbocycles. The van der Waals surface area contributed by atoms with Crippen molar-refractivity contribution in [3.8, 4) is 5.75 Å². The monoisotopic (exact) mass is 296 g/mol. The highest BCUT2D eigenvalue weighted by molar-refractivity contribution is 5.66. The first-order chi connectivity index (χ1) is 9.95. The Morgan fingerprint density at radius 1 is 1.48 bits per heavy atom. The van der Waals surface area contributed by atoms with E-state index in [1.54, 1.807) is 12.1 Å². The Bertz CT molecular complexity index is 504. The fourth-order valence-corrected chi connectivity index (χ4v) is 1.82. The summed E-state index contributed by atoms with van der Waals surface area (Å²) in [7, 11) is 1.81. The zero-order valence-electron chi connectivity index (χ0n) is 12.2. The number of carbonyl (C=O) groups is 1. The highest BCUT2D eigenvalue weighted by Crippen LogP contribution is 2.31. The minimum atomic E-state index is -0.834. The molecule has 21 heavy (non-hydrogen) atoms. The molecule has 0 amide bonds. The van der Waals surface area contributed by atoms with Crippen LogP contribution in [0.3, 0.4) is 0 Å². The summed E-state index contributed by atoms with van der Waals surface area (Å²) in [6, 6.07) is 4.67. The number of hydrogen-bond donors (Lipinski definition) is 1. The molecule has 0 unspecified atom stereocenters. The van der Waals surface area contributed by atoms with Crippen molar-refractivity contribution in [2.45, 2.75) is 26.2 Å². The maximum atomic E-state index is 11.0. The fraction of sp³-hybridized carbons (Fsp3) is 0.500. The van der Waals surface area contributed by atoms with Gasteiger partial charge >= 0.3 is 11.7 Å². The van der Waals surface area contributed by atoms with Gasteiger partial charge in [-0.15, -0.1) is 0 Å². The van der Waals surface area contributed by atoms with Gasteiger partial charge in [0.15, 0.2) is 5.75 Å². The SMILES string of the molecule is CCCOc1cc(N(C)CCCC(=O)O)ccc1[N+](=O)[O-]. The van der Waals surface area contributed by atoms with E-state index < -0.39 is 10.9 Å². The van der Waals surface area contributed by atoms with E-state index >= 15 is 0 Å². The fourth-order valence-electron chi connectivity index (χ4n) is 1.82. The van der Waals surface area contributed by atoms with Crippen molar-refractivity contribution in [3.05, 3.63) is 28.3 Å². The molecule has 0 aliphatic rings. The lowest BCUT2D eigenvalue weighted by Crippen LogP contribution is -2.19. The van der Waals surface area contributed by atoms with Crippen LogP contribution in [0.25, 0.3) is 0 Å². The topological polar surface area (TPSA) is 92.9 Å². The van der Waals surface area contributed by atoms with Gasteiger partial charge < -0.3 is 14.7 Å². The lowest BCUT2D eigenvalue weighted by molar-refractivity contribution is -0.385. The molecule has 116 valence electrons. The number of anilines is 1. The second-order valence-electron chi connectivity index (χ2n) is 4.68. The van der Waals surface area contributed by atoms with Crippen LogP contribution in [0.2, 0.25) is 0 Å². The third-order valence-corrected chi connectivity index (χ3v) is 2.93. The van der Waals surface area contributed by atoms with Crippen LogP contribution >= 0.6 is 0 Å². The maximum absolute atomic E-state index is 11.0.